The van der Waals surface area contributed by atoms with Crippen molar-refractivity contribution >= 4 is 0 Å². The second kappa shape index (κ2) is 4.78. The summed E-state index contributed by atoms with van der Waals surface area (Å²) in [6, 6.07) is 12.6. The Morgan fingerprint density at radius 3 is 2.60 bits per heavy atom. The van der Waals surface area contributed by atoms with Crippen LogP contribution in [-0.2, 0) is 13.0 Å². The van der Waals surface area contributed by atoms with Crippen molar-refractivity contribution in [3.8, 4) is 0 Å². The molecule has 0 aliphatic heterocycles. The molecule has 0 spiro atoms. The minimum Gasteiger partial charge on any atom is -0.270 e. The first-order chi connectivity index (χ1) is 7.36. The van der Waals surface area contributed by atoms with Gasteiger partial charge in [0.25, 0.3) is 0 Å². The number of benzene rings is 1. The summed E-state index contributed by atoms with van der Waals surface area (Å²) in [7, 11) is 0. The molecule has 0 atom stereocenters. The zero-order valence-corrected chi connectivity index (χ0v) is 9.06. The van der Waals surface area contributed by atoms with E-state index in [4.69, 9.17) is 0 Å². The van der Waals surface area contributed by atoms with E-state index in [1.165, 1.54) is 11.3 Å². The molecule has 15 heavy (non-hydrogen) atoms. The summed E-state index contributed by atoms with van der Waals surface area (Å²) in [5.74, 6) is 0. The number of nitrogens with zero attached hydrogens (tertiary/aromatic N) is 2. The second-order valence-corrected chi connectivity index (χ2v) is 3.78. The van der Waals surface area contributed by atoms with Crippen molar-refractivity contribution in [2.24, 2.45) is 0 Å². The maximum Gasteiger partial charge on any atom is 0.0492 e. The molecule has 0 aliphatic carbocycles. The van der Waals surface area contributed by atoms with Gasteiger partial charge in [-0.2, -0.15) is 5.10 Å². The minimum atomic E-state index is 1.01. The first kappa shape index (κ1) is 9.97. The third kappa shape index (κ3) is 2.69. The molecule has 0 unspecified atom stereocenters. The van der Waals surface area contributed by atoms with Crippen LogP contribution in [0.25, 0.3) is 0 Å². The second-order valence-electron chi connectivity index (χ2n) is 3.78. The largest absolute Gasteiger partial charge is 0.270 e. The van der Waals surface area contributed by atoms with Gasteiger partial charge in [-0.15, -0.1) is 0 Å². The lowest BCUT2D eigenvalue weighted by molar-refractivity contribution is 0.565. The van der Waals surface area contributed by atoms with E-state index >= 15 is 0 Å². The standard InChI is InChI=1S/C13H16N2/c1-12-9-10-14-15(12)11-5-8-13-6-3-2-4-7-13/h2-4,6-7,9-10H,5,8,11H2,1H3. The Morgan fingerprint density at radius 2 is 1.93 bits per heavy atom. The number of rotatable bonds is 4. The topological polar surface area (TPSA) is 17.8 Å². The molecule has 1 aromatic heterocycles. The van der Waals surface area contributed by atoms with Crippen LogP contribution in [0, 0.1) is 6.92 Å². The van der Waals surface area contributed by atoms with Gasteiger partial charge < -0.3 is 0 Å². The van der Waals surface area contributed by atoms with Crippen LogP contribution in [0.3, 0.4) is 0 Å². The lowest BCUT2D eigenvalue weighted by Gasteiger charge is -2.04. The molecule has 0 radical (unpaired) electrons. The van der Waals surface area contributed by atoms with Gasteiger partial charge in [-0.05, 0) is 31.4 Å². The molecule has 0 saturated heterocycles. The third-order valence-corrected chi connectivity index (χ3v) is 2.61. The van der Waals surface area contributed by atoms with Gasteiger partial charge >= 0.3 is 0 Å². The molecule has 2 rings (SSSR count). The highest BCUT2D eigenvalue weighted by Crippen LogP contribution is 2.04. The van der Waals surface area contributed by atoms with Crippen LogP contribution < -0.4 is 0 Å². The zero-order chi connectivity index (χ0) is 10.5. The average molecular weight is 200 g/mol. The van der Waals surface area contributed by atoms with Crippen LogP contribution >= 0.6 is 0 Å². The Balaban J connectivity index is 1.83. The highest BCUT2D eigenvalue weighted by Gasteiger charge is 1.97. The van der Waals surface area contributed by atoms with Gasteiger partial charge in [0.05, 0.1) is 0 Å². The molecular weight excluding hydrogens is 184 g/mol. The molecule has 0 saturated carbocycles. The summed E-state index contributed by atoms with van der Waals surface area (Å²) in [5.41, 5.74) is 2.64. The number of aromatic nitrogens is 2. The van der Waals surface area contributed by atoms with Crippen molar-refractivity contribution in [3.05, 3.63) is 53.9 Å². The highest BCUT2D eigenvalue weighted by atomic mass is 15.3. The summed E-state index contributed by atoms with van der Waals surface area (Å²) >= 11 is 0. The Labute approximate surface area is 90.6 Å². The van der Waals surface area contributed by atoms with Crippen molar-refractivity contribution < 1.29 is 0 Å². The third-order valence-electron chi connectivity index (χ3n) is 2.61. The van der Waals surface area contributed by atoms with Crippen molar-refractivity contribution in [2.45, 2.75) is 26.3 Å². The Kier molecular flexibility index (Phi) is 3.18. The predicted molar refractivity (Wildman–Crippen MR) is 61.7 cm³/mol. The maximum atomic E-state index is 4.26. The van der Waals surface area contributed by atoms with Gasteiger partial charge in [-0.1, -0.05) is 30.3 Å². The monoisotopic (exact) mass is 200 g/mol. The van der Waals surface area contributed by atoms with E-state index < -0.39 is 0 Å². The molecule has 78 valence electrons. The molecule has 0 amide bonds. The maximum absolute atomic E-state index is 4.26. The molecule has 1 aromatic carbocycles. The van der Waals surface area contributed by atoms with Crippen molar-refractivity contribution in [1.29, 1.82) is 0 Å². The van der Waals surface area contributed by atoms with E-state index in [0.717, 1.165) is 19.4 Å². The fraction of sp³-hybridized carbons (Fsp3) is 0.308. The number of hydrogen-bond donors (Lipinski definition) is 0. The average Bonchev–Trinajstić information content (AvgIpc) is 2.66. The van der Waals surface area contributed by atoms with E-state index in [-0.39, 0.29) is 0 Å². The summed E-state index contributed by atoms with van der Waals surface area (Å²) in [4.78, 5) is 0. The lowest BCUT2D eigenvalue weighted by Crippen LogP contribution is -2.03. The molecule has 0 aliphatic rings. The van der Waals surface area contributed by atoms with Crippen LogP contribution in [-0.4, -0.2) is 9.78 Å². The summed E-state index contributed by atoms with van der Waals surface area (Å²) < 4.78 is 2.06. The summed E-state index contributed by atoms with van der Waals surface area (Å²) in [5, 5.41) is 4.26. The highest BCUT2D eigenvalue weighted by molar-refractivity contribution is 5.14. The smallest absolute Gasteiger partial charge is 0.0492 e. The molecule has 0 N–H and O–H groups in total. The van der Waals surface area contributed by atoms with Crippen molar-refractivity contribution in [2.75, 3.05) is 0 Å². The Bertz CT molecular complexity index is 403. The number of hydrogen-bond acceptors (Lipinski definition) is 1. The summed E-state index contributed by atoms with van der Waals surface area (Å²) in [6.45, 7) is 3.10. The minimum absolute atomic E-state index is 1.01. The van der Waals surface area contributed by atoms with E-state index in [9.17, 15) is 0 Å². The molecule has 0 fully saturated rings. The van der Waals surface area contributed by atoms with Gasteiger partial charge in [0.15, 0.2) is 0 Å². The molecule has 2 aromatic rings. The van der Waals surface area contributed by atoms with Crippen LogP contribution in [0.1, 0.15) is 17.7 Å². The van der Waals surface area contributed by atoms with Gasteiger partial charge in [0.1, 0.15) is 0 Å². The Morgan fingerprint density at radius 1 is 1.13 bits per heavy atom. The summed E-state index contributed by atoms with van der Waals surface area (Å²) in [6.07, 6.45) is 4.13. The van der Waals surface area contributed by atoms with E-state index in [1.807, 2.05) is 12.3 Å². The van der Waals surface area contributed by atoms with Gasteiger partial charge in [-0.3, -0.25) is 4.68 Å². The van der Waals surface area contributed by atoms with Gasteiger partial charge in [0, 0.05) is 18.4 Å². The van der Waals surface area contributed by atoms with Gasteiger partial charge in [0.2, 0.25) is 0 Å². The normalized spacial score (nSPS) is 10.5. The molecule has 2 heteroatoms. The van der Waals surface area contributed by atoms with E-state index in [0.29, 0.717) is 0 Å². The molecule has 2 nitrogen and oxygen atoms in total. The van der Waals surface area contributed by atoms with E-state index in [2.05, 4.69) is 47.0 Å². The lowest BCUT2D eigenvalue weighted by atomic mass is 10.1. The molecular formula is C13H16N2. The van der Waals surface area contributed by atoms with Crippen LogP contribution in [0.15, 0.2) is 42.6 Å². The zero-order valence-electron chi connectivity index (χ0n) is 9.06. The first-order valence-electron chi connectivity index (χ1n) is 5.38. The fourth-order valence-electron chi connectivity index (χ4n) is 1.71. The van der Waals surface area contributed by atoms with Crippen LogP contribution in [0.4, 0.5) is 0 Å². The van der Waals surface area contributed by atoms with Crippen LogP contribution in [0.5, 0.6) is 0 Å². The first-order valence-corrected chi connectivity index (χ1v) is 5.38. The van der Waals surface area contributed by atoms with Crippen LogP contribution in [0.2, 0.25) is 0 Å². The van der Waals surface area contributed by atoms with Crippen molar-refractivity contribution in [3.63, 3.8) is 0 Å². The quantitative estimate of drug-likeness (QED) is 0.742. The Hall–Kier alpha value is -1.57. The van der Waals surface area contributed by atoms with Crippen molar-refractivity contribution in [1.82, 2.24) is 9.78 Å². The molecule has 1 heterocycles. The molecule has 0 bridgehead atoms. The fourth-order valence-corrected chi connectivity index (χ4v) is 1.71. The predicted octanol–water partition coefficient (Wildman–Crippen LogP) is 2.82. The number of aryl methyl sites for hydroxylation is 3. The van der Waals surface area contributed by atoms with E-state index in [1.54, 1.807) is 0 Å². The SMILES string of the molecule is Cc1ccnn1CCCc1ccccc1. The van der Waals surface area contributed by atoms with Gasteiger partial charge in [-0.25, -0.2) is 0 Å².